The second kappa shape index (κ2) is 9.62. The molecule has 2 saturated heterocycles. The number of halogens is 1. The minimum Gasteiger partial charge on any atom is -0.488 e. The Morgan fingerprint density at radius 3 is 2.47 bits per heavy atom. The number of ether oxygens (including phenoxy) is 3. The van der Waals surface area contributed by atoms with Crippen LogP contribution in [0.2, 0.25) is 5.02 Å². The Kier molecular flexibility index (Phi) is 7.04. The average molecular weight is 467 g/mol. The summed E-state index contributed by atoms with van der Waals surface area (Å²) < 4.78 is 16.6. The van der Waals surface area contributed by atoms with Gasteiger partial charge in [-0.3, -0.25) is 0 Å². The van der Waals surface area contributed by atoms with Crippen LogP contribution in [0.5, 0.6) is 5.75 Å². The summed E-state index contributed by atoms with van der Waals surface area (Å²) in [5, 5.41) is 51.4. The highest BCUT2D eigenvalue weighted by atomic mass is 35.5. The van der Waals surface area contributed by atoms with Crippen LogP contribution in [-0.2, 0) is 21.7 Å². The summed E-state index contributed by atoms with van der Waals surface area (Å²) >= 11 is 6.37. The van der Waals surface area contributed by atoms with Crippen molar-refractivity contribution >= 4 is 11.6 Å². The molecule has 8 nitrogen and oxygen atoms in total. The van der Waals surface area contributed by atoms with Gasteiger partial charge < -0.3 is 39.7 Å². The lowest BCUT2D eigenvalue weighted by molar-refractivity contribution is -0.357. The lowest BCUT2D eigenvalue weighted by Gasteiger charge is -2.45. The summed E-state index contributed by atoms with van der Waals surface area (Å²) in [6, 6.07) is 12.2. The smallest absolute Gasteiger partial charge is 0.222 e. The number of hydrogen-bond acceptors (Lipinski definition) is 8. The van der Waals surface area contributed by atoms with E-state index in [0.29, 0.717) is 30.2 Å². The van der Waals surface area contributed by atoms with Crippen LogP contribution in [0.3, 0.4) is 0 Å². The van der Waals surface area contributed by atoms with Crippen molar-refractivity contribution in [2.75, 3.05) is 19.8 Å². The van der Waals surface area contributed by atoms with E-state index in [1.807, 2.05) is 24.3 Å². The van der Waals surface area contributed by atoms with Crippen molar-refractivity contribution in [1.82, 2.24) is 0 Å². The van der Waals surface area contributed by atoms with E-state index in [4.69, 9.17) is 25.8 Å². The molecular weight excluding hydrogens is 440 g/mol. The number of aliphatic hydroxyl groups is 5. The van der Waals surface area contributed by atoms with Gasteiger partial charge in [-0.15, -0.1) is 0 Å². The molecular formula is C23H27ClO8. The average Bonchev–Trinajstić information content (AvgIpc) is 3.30. The first-order chi connectivity index (χ1) is 15.3. The van der Waals surface area contributed by atoms with Crippen molar-refractivity contribution in [3.05, 3.63) is 64.2 Å². The zero-order valence-corrected chi connectivity index (χ0v) is 18.1. The minimum atomic E-state index is -2.33. The van der Waals surface area contributed by atoms with Gasteiger partial charge in [-0.25, -0.2) is 0 Å². The Bertz CT molecular complexity index is 915. The molecule has 2 aromatic carbocycles. The zero-order chi connectivity index (χ0) is 22.9. The van der Waals surface area contributed by atoms with E-state index in [2.05, 4.69) is 0 Å². The summed E-state index contributed by atoms with van der Waals surface area (Å²) in [5.41, 5.74) is 1.75. The number of rotatable bonds is 6. The molecule has 9 heteroatoms. The Labute approximate surface area is 190 Å². The van der Waals surface area contributed by atoms with E-state index < -0.39 is 36.8 Å². The number of benzene rings is 2. The summed E-state index contributed by atoms with van der Waals surface area (Å²) in [4.78, 5) is 0. The first-order valence-corrected chi connectivity index (χ1v) is 10.9. The van der Waals surface area contributed by atoms with Gasteiger partial charge in [-0.05, 0) is 41.8 Å². The molecule has 5 N–H and O–H groups in total. The maximum absolute atomic E-state index is 11.0. The number of hydrogen-bond donors (Lipinski definition) is 5. The van der Waals surface area contributed by atoms with Crippen LogP contribution >= 0.6 is 11.6 Å². The molecule has 4 rings (SSSR count). The number of aliphatic hydroxyl groups excluding tert-OH is 4. The Morgan fingerprint density at radius 2 is 1.81 bits per heavy atom. The molecule has 32 heavy (non-hydrogen) atoms. The monoisotopic (exact) mass is 466 g/mol. The van der Waals surface area contributed by atoms with E-state index >= 15 is 0 Å². The molecule has 0 aliphatic carbocycles. The predicted molar refractivity (Wildman–Crippen MR) is 114 cm³/mol. The third kappa shape index (κ3) is 4.64. The summed E-state index contributed by atoms with van der Waals surface area (Å²) in [6.45, 7) is 0.649. The SMILES string of the molecule is OC[C@H]1OC(O)(c2ccc(Cl)c(Cc3ccc(O[C@H]4CCOC4)cc3)c2)[C@H](O)[C@@H](O)[C@@H]1O. The Balaban J connectivity index is 1.53. The van der Waals surface area contributed by atoms with Crippen molar-refractivity contribution in [2.45, 2.75) is 49.1 Å². The molecule has 2 aromatic rings. The summed E-state index contributed by atoms with van der Waals surface area (Å²) in [6.07, 6.45) is -4.99. The van der Waals surface area contributed by atoms with Crippen LogP contribution in [0, 0.1) is 0 Å². The Morgan fingerprint density at radius 1 is 1.06 bits per heavy atom. The molecule has 2 aliphatic heterocycles. The van der Waals surface area contributed by atoms with Gasteiger partial charge in [0.15, 0.2) is 0 Å². The van der Waals surface area contributed by atoms with E-state index in [9.17, 15) is 25.5 Å². The Hall–Kier alpha value is -1.75. The first kappa shape index (κ1) is 23.4. The van der Waals surface area contributed by atoms with Crippen LogP contribution in [0.4, 0.5) is 0 Å². The molecule has 6 atom stereocenters. The van der Waals surface area contributed by atoms with Crippen LogP contribution in [0.1, 0.15) is 23.1 Å². The molecule has 0 amide bonds. The van der Waals surface area contributed by atoms with Crippen LogP contribution in [0.25, 0.3) is 0 Å². The second-order valence-electron chi connectivity index (χ2n) is 8.19. The van der Waals surface area contributed by atoms with Crippen LogP contribution in [0.15, 0.2) is 42.5 Å². The van der Waals surface area contributed by atoms with Gasteiger partial charge in [0.2, 0.25) is 5.79 Å². The molecule has 0 aromatic heterocycles. The molecule has 2 heterocycles. The van der Waals surface area contributed by atoms with Gasteiger partial charge >= 0.3 is 0 Å². The van der Waals surface area contributed by atoms with Gasteiger partial charge in [0.25, 0.3) is 0 Å². The van der Waals surface area contributed by atoms with Crippen molar-refractivity contribution in [3.63, 3.8) is 0 Å². The van der Waals surface area contributed by atoms with Crippen LogP contribution < -0.4 is 4.74 Å². The zero-order valence-electron chi connectivity index (χ0n) is 17.3. The highest BCUT2D eigenvalue weighted by molar-refractivity contribution is 6.31. The lowest BCUT2D eigenvalue weighted by Crippen LogP contribution is -2.63. The fourth-order valence-corrected chi connectivity index (χ4v) is 4.21. The predicted octanol–water partition coefficient (Wildman–Crippen LogP) is 0.717. The molecule has 1 unspecified atom stereocenters. The molecule has 0 spiro atoms. The maximum atomic E-state index is 11.0. The fourth-order valence-electron chi connectivity index (χ4n) is 4.03. The summed E-state index contributed by atoms with van der Waals surface area (Å²) in [7, 11) is 0. The quantitative estimate of drug-likeness (QED) is 0.421. The van der Waals surface area contributed by atoms with E-state index in [0.717, 1.165) is 17.7 Å². The van der Waals surface area contributed by atoms with E-state index in [1.165, 1.54) is 6.07 Å². The molecule has 174 valence electrons. The van der Waals surface area contributed by atoms with Gasteiger partial charge in [-0.1, -0.05) is 29.8 Å². The summed E-state index contributed by atoms with van der Waals surface area (Å²) in [5.74, 6) is -1.58. The maximum Gasteiger partial charge on any atom is 0.222 e. The first-order valence-electron chi connectivity index (χ1n) is 10.5. The highest BCUT2D eigenvalue weighted by Gasteiger charge is 2.53. The minimum absolute atomic E-state index is 0.0613. The van der Waals surface area contributed by atoms with Gasteiger partial charge in [0, 0.05) is 17.0 Å². The molecule has 2 aliphatic rings. The third-order valence-corrected chi connectivity index (χ3v) is 6.30. The third-order valence-electron chi connectivity index (χ3n) is 5.93. The second-order valence-corrected chi connectivity index (χ2v) is 8.60. The van der Waals surface area contributed by atoms with Crippen molar-refractivity contribution in [1.29, 1.82) is 0 Å². The topological polar surface area (TPSA) is 129 Å². The van der Waals surface area contributed by atoms with Crippen molar-refractivity contribution in [2.24, 2.45) is 0 Å². The fraction of sp³-hybridized carbons (Fsp3) is 0.478. The van der Waals surface area contributed by atoms with E-state index in [-0.39, 0.29) is 11.7 Å². The molecule has 0 saturated carbocycles. The molecule has 0 bridgehead atoms. The standard InChI is InChI=1S/C23H27ClO8/c24-18-6-3-15(23(29)22(28)21(27)20(26)19(11-25)32-23)10-14(18)9-13-1-4-16(5-2-13)31-17-7-8-30-12-17/h1-6,10,17,19-22,25-29H,7-9,11-12H2/t17-,19+,20+,21-,22+,23?/m0/s1. The van der Waals surface area contributed by atoms with Crippen molar-refractivity contribution < 1.29 is 39.7 Å². The lowest BCUT2D eigenvalue weighted by atomic mass is 9.87. The van der Waals surface area contributed by atoms with Crippen molar-refractivity contribution in [3.8, 4) is 5.75 Å². The van der Waals surface area contributed by atoms with Crippen LogP contribution in [-0.4, -0.2) is 75.9 Å². The molecule has 0 radical (unpaired) electrons. The normalized spacial score (nSPS) is 32.8. The van der Waals surface area contributed by atoms with E-state index in [1.54, 1.807) is 12.1 Å². The molecule has 2 fully saturated rings. The van der Waals surface area contributed by atoms with Gasteiger partial charge in [0.1, 0.15) is 36.3 Å². The van der Waals surface area contributed by atoms with Gasteiger partial charge in [-0.2, -0.15) is 0 Å². The highest BCUT2D eigenvalue weighted by Crippen LogP contribution is 2.38. The van der Waals surface area contributed by atoms with Gasteiger partial charge in [0.05, 0.1) is 19.8 Å². The largest absolute Gasteiger partial charge is 0.488 e.